The number of urea groups is 1. The number of hydrogen-bond donors (Lipinski definition) is 1. The third kappa shape index (κ3) is 4.14. The van der Waals surface area contributed by atoms with Gasteiger partial charge in [0.2, 0.25) is 0 Å². The van der Waals surface area contributed by atoms with E-state index in [1.165, 1.54) is 30.2 Å². The van der Waals surface area contributed by atoms with Crippen LogP contribution in [0.5, 0.6) is 5.75 Å². The fourth-order valence-corrected chi connectivity index (χ4v) is 2.74. The quantitative estimate of drug-likeness (QED) is 0.363. The topological polar surface area (TPSA) is 101 Å². The number of benzene rings is 1. The van der Waals surface area contributed by atoms with Gasteiger partial charge < -0.3 is 4.74 Å². The van der Waals surface area contributed by atoms with E-state index in [9.17, 15) is 14.4 Å². The van der Waals surface area contributed by atoms with Gasteiger partial charge in [0.15, 0.2) is 5.16 Å². The minimum Gasteiger partial charge on any atom is -0.497 e. The van der Waals surface area contributed by atoms with Crippen LogP contribution >= 0.6 is 11.8 Å². The van der Waals surface area contributed by atoms with E-state index in [2.05, 4.69) is 15.3 Å². The highest BCUT2D eigenvalue weighted by Crippen LogP contribution is 2.18. The Labute approximate surface area is 159 Å². The summed E-state index contributed by atoms with van der Waals surface area (Å²) in [4.78, 5) is 46.1. The molecule has 8 nitrogen and oxygen atoms in total. The average molecular weight is 384 g/mol. The van der Waals surface area contributed by atoms with Gasteiger partial charge in [0.05, 0.1) is 13.7 Å². The van der Waals surface area contributed by atoms with Crippen LogP contribution < -0.4 is 10.1 Å². The van der Waals surface area contributed by atoms with Crippen molar-refractivity contribution < 1.29 is 19.1 Å². The maximum absolute atomic E-state index is 12.7. The van der Waals surface area contributed by atoms with Crippen molar-refractivity contribution in [3.63, 3.8) is 0 Å². The van der Waals surface area contributed by atoms with Crippen LogP contribution in [0.3, 0.4) is 0 Å². The van der Waals surface area contributed by atoms with Crippen molar-refractivity contribution in [3.8, 4) is 5.75 Å². The van der Waals surface area contributed by atoms with Crippen LogP contribution in [0, 0.1) is 0 Å². The number of methoxy groups -OCH3 is 1. The zero-order chi connectivity index (χ0) is 19.4. The summed E-state index contributed by atoms with van der Waals surface area (Å²) in [5.41, 5.74) is 1.06. The molecule has 0 radical (unpaired) electrons. The summed E-state index contributed by atoms with van der Waals surface area (Å²) >= 11 is 1.38. The maximum atomic E-state index is 12.7. The molecule has 1 aliphatic rings. The summed E-state index contributed by atoms with van der Waals surface area (Å²) in [7, 11) is 1.55. The second kappa shape index (κ2) is 8.00. The van der Waals surface area contributed by atoms with Crippen LogP contribution in [0.15, 0.2) is 47.4 Å². The van der Waals surface area contributed by atoms with E-state index < -0.39 is 17.8 Å². The van der Waals surface area contributed by atoms with E-state index in [-0.39, 0.29) is 12.1 Å². The Balaban J connectivity index is 1.84. The highest BCUT2D eigenvalue weighted by molar-refractivity contribution is 7.98. The molecule has 0 unspecified atom stereocenters. The van der Waals surface area contributed by atoms with Gasteiger partial charge in [-0.3, -0.25) is 19.8 Å². The highest BCUT2D eigenvalue weighted by atomic mass is 32.2. The number of nitrogens with zero attached hydrogens (tertiary/aromatic N) is 3. The van der Waals surface area contributed by atoms with E-state index in [0.29, 0.717) is 16.5 Å². The molecule has 0 saturated carbocycles. The predicted octanol–water partition coefficient (Wildman–Crippen LogP) is 1.87. The first kappa shape index (κ1) is 18.6. The van der Waals surface area contributed by atoms with Crippen LogP contribution in [0.4, 0.5) is 4.79 Å². The molecule has 1 saturated heterocycles. The number of thioether (sulfide) groups is 1. The summed E-state index contributed by atoms with van der Waals surface area (Å²) in [5, 5.41) is 2.76. The Morgan fingerprint density at radius 1 is 1.15 bits per heavy atom. The van der Waals surface area contributed by atoms with Crippen molar-refractivity contribution in [2.45, 2.75) is 11.7 Å². The lowest BCUT2D eigenvalue weighted by molar-refractivity contribution is -0.130. The number of carbonyl (C=O) groups excluding carboxylic acids is 3. The first-order valence-corrected chi connectivity index (χ1v) is 9.12. The molecule has 1 N–H and O–H groups in total. The Morgan fingerprint density at radius 2 is 1.81 bits per heavy atom. The predicted molar refractivity (Wildman–Crippen MR) is 98.9 cm³/mol. The van der Waals surface area contributed by atoms with Gasteiger partial charge in [-0.2, -0.15) is 0 Å². The minimum absolute atomic E-state index is 0.0290. The standard InChI is InChI=1S/C18H16N4O4S/c1-26-13-5-3-11(4-6-13)10-22-16(24)14(15(23)21-18(22)25)7-12-8-19-17(27-2)20-9-12/h3-9H,10H2,1-2H3,(H,21,23,25)/b14-7-. The molecule has 2 aromatic rings. The minimum atomic E-state index is -0.757. The summed E-state index contributed by atoms with van der Waals surface area (Å²) in [6.45, 7) is 0.0290. The first-order chi connectivity index (χ1) is 13.0. The number of barbiturate groups is 1. The van der Waals surface area contributed by atoms with Crippen molar-refractivity contribution in [1.29, 1.82) is 0 Å². The summed E-state index contributed by atoms with van der Waals surface area (Å²) in [6, 6.07) is 6.19. The summed E-state index contributed by atoms with van der Waals surface area (Å²) in [6.07, 6.45) is 6.23. The van der Waals surface area contributed by atoms with Crippen molar-refractivity contribution in [3.05, 3.63) is 53.4 Å². The molecule has 2 heterocycles. The number of nitrogens with one attached hydrogen (secondary N) is 1. The number of aromatic nitrogens is 2. The van der Waals surface area contributed by atoms with Gasteiger partial charge in [0.25, 0.3) is 11.8 Å². The van der Waals surface area contributed by atoms with Crippen molar-refractivity contribution in [1.82, 2.24) is 20.2 Å². The molecule has 4 amide bonds. The zero-order valence-electron chi connectivity index (χ0n) is 14.6. The first-order valence-electron chi connectivity index (χ1n) is 7.89. The fraction of sp³-hybridized carbons (Fsp3) is 0.167. The molecular weight excluding hydrogens is 368 g/mol. The SMILES string of the molecule is COc1ccc(CN2C(=O)NC(=O)/C(=C/c3cnc(SC)nc3)C2=O)cc1. The molecule has 9 heteroatoms. The summed E-state index contributed by atoms with van der Waals surface area (Å²) in [5.74, 6) is -0.754. The number of ether oxygens (including phenoxy) is 1. The zero-order valence-corrected chi connectivity index (χ0v) is 15.4. The van der Waals surface area contributed by atoms with E-state index in [0.717, 1.165) is 10.5 Å². The van der Waals surface area contributed by atoms with Gasteiger partial charge in [0.1, 0.15) is 11.3 Å². The average Bonchev–Trinajstić information content (AvgIpc) is 2.69. The van der Waals surface area contributed by atoms with Gasteiger partial charge in [-0.15, -0.1) is 0 Å². The normalized spacial score (nSPS) is 15.9. The Bertz CT molecular complexity index is 910. The Kier molecular flexibility index (Phi) is 5.51. The Hall–Kier alpha value is -3.20. The smallest absolute Gasteiger partial charge is 0.331 e. The van der Waals surface area contributed by atoms with Crippen molar-refractivity contribution in [2.75, 3.05) is 13.4 Å². The van der Waals surface area contributed by atoms with Crippen LogP contribution in [0.1, 0.15) is 11.1 Å². The monoisotopic (exact) mass is 384 g/mol. The van der Waals surface area contributed by atoms with Gasteiger partial charge in [-0.05, 0) is 30.0 Å². The molecule has 27 heavy (non-hydrogen) atoms. The second-order valence-electron chi connectivity index (χ2n) is 5.56. The Morgan fingerprint density at radius 3 is 2.41 bits per heavy atom. The fourth-order valence-electron chi connectivity index (χ4n) is 2.42. The summed E-state index contributed by atoms with van der Waals surface area (Å²) < 4.78 is 5.09. The van der Waals surface area contributed by atoms with Crippen LogP contribution in [0.2, 0.25) is 0 Å². The van der Waals surface area contributed by atoms with E-state index >= 15 is 0 Å². The third-order valence-electron chi connectivity index (χ3n) is 3.83. The van der Waals surface area contributed by atoms with Crippen molar-refractivity contribution in [2.24, 2.45) is 0 Å². The number of rotatable bonds is 5. The molecule has 1 aromatic heterocycles. The van der Waals surface area contributed by atoms with E-state index in [4.69, 9.17) is 4.74 Å². The van der Waals surface area contributed by atoms with Gasteiger partial charge in [0, 0.05) is 18.0 Å². The lowest BCUT2D eigenvalue weighted by atomic mass is 10.1. The van der Waals surface area contributed by atoms with Gasteiger partial charge in [-0.25, -0.2) is 14.8 Å². The molecule has 3 rings (SSSR count). The third-order valence-corrected chi connectivity index (χ3v) is 4.40. The van der Waals surface area contributed by atoms with E-state index in [1.807, 2.05) is 6.26 Å². The molecule has 0 bridgehead atoms. The number of amides is 4. The van der Waals surface area contributed by atoms with Crippen LogP contribution in [0.25, 0.3) is 6.08 Å². The van der Waals surface area contributed by atoms with Gasteiger partial charge >= 0.3 is 6.03 Å². The highest BCUT2D eigenvalue weighted by Gasteiger charge is 2.35. The number of carbonyl (C=O) groups is 3. The molecule has 138 valence electrons. The molecule has 0 atom stereocenters. The molecule has 0 spiro atoms. The lowest BCUT2D eigenvalue weighted by Gasteiger charge is -2.26. The second-order valence-corrected chi connectivity index (χ2v) is 6.33. The lowest BCUT2D eigenvalue weighted by Crippen LogP contribution is -2.53. The molecule has 1 fully saturated rings. The number of hydrogen-bond acceptors (Lipinski definition) is 7. The number of imide groups is 2. The maximum Gasteiger partial charge on any atom is 0.331 e. The van der Waals surface area contributed by atoms with Crippen molar-refractivity contribution >= 4 is 35.7 Å². The van der Waals surface area contributed by atoms with Crippen LogP contribution in [-0.4, -0.2) is 46.1 Å². The largest absolute Gasteiger partial charge is 0.497 e. The molecule has 0 aliphatic carbocycles. The molecule has 1 aromatic carbocycles. The van der Waals surface area contributed by atoms with E-state index in [1.54, 1.807) is 31.4 Å². The van der Waals surface area contributed by atoms with Crippen LogP contribution in [-0.2, 0) is 16.1 Å². The van der Waals surface area contributed by atoms with Gasteiger partial charge in [-0.1, -0.05) is 23.9 Å². The molecular formula is C18H16N4O4S. The molecule has 1 aliphatic heterocycles.